The van der Waals surface area contributed by atoms with E-state index in [1.165, 1.54) is 12.7 Å². The van der Waals surface area contributed by atoms with Crippen LogP contribution in [0.4, 0.5) is 0 Å². The molecular formula is C13H17NO2. The lowest BCUT2D eigenvalue weighted by Gasteiger charge is -2.10. The van der Waals surface area contributed by atoms with Crippen molar-refractivity contribution < 1.29 is 9.53 Å². The molecule has 2 atom stereocenters. The number of nitrogens with two attached hydrogens (primary N) is 1. The zero-order valence-corrected chi connectivity index (χ0v) is 9.48. The molecule has 0 bridgehead atoms. The zero-order chi connectivity index (χ0) is 11.5. The molecular weight excluding hydrogens is 202 g/mol. The average molecular weight is 219 g/mol. The lowest BCUT2D eigenvalue weighted by Crippen LogP contribution is -2.14. The molecule has 86 valence electrons. The van der Waals surface area contributed by atoms with Gasteiger partial charge in [0.25, 0.3) is 0 Å². The van der Waals surface area contributed by atoms with E-state index in [9.17, 15) is 4.79 Å². The molecule has 1 saturated carbocycles. The summed E-state index contributed by atoms with van der Waals surface area (Å²) in [6.07, 6.45) is 3.21. The standard InChI is InChI=1S/C13H17NO2/c1-16-13(15)11-4-2-3-9(7-11)10-5-6-12(14)8-10/h2-4,7,10,12H,5-6,8,14H2,1H3. The SMILES string of the molecule is COC(=O)c1cccc(C2CCC(N)C2)c1. The number of ether oxygens (including phenoxy) is 1. The molecule has 0 radical (unpaired) electrons. The average Bonchev–Trinajstić information content (AvgIpc) is 2.75. The molecule has 16 heavy (non-hydrogen) atoms. The Balaban J connectivity index is 2.19. The maximum Gasteiger partial charge on any atom is 0.337 e. The van der Waals surface area contributed by atoms with Crippen LogP contribution in [0, 0.1) is 0 Å². The molecule has 3 nitrogen and oxygen atoms in total. The predicted octanol–water partition coefficient (Wildman–Crippen LogP) is 2.07. The Morgan fingerprint density at radius 1 is 1.44 bits per heavy atom. The van der Waals surface area contributed by atoms with Gasteiger partial charge in [-0.1, -0.05) is 12.1 Å². The van der Waals surface area contributed by atoms with Gasteiger partial charge in [-0.05, 0) is 42.9 Å². The van der Waals surface area contributed by atoms with Crippen molar-refractivity contribution in [2.24, 2.45) is 5.73 Å². The third-order valence-electron chi connectivity index (χ3n) is 3.25. The van der Waals surface area contributed by atoms with Crippen LogP contribution in [0.1, 0.15) is 41.1 Å². The summed E-state index contributed by atoms with van der Waals surface area (Å²) >= 11 is 0. The van der Waals surface area contributed by atoms with Gasteiger partial charge < -0.3 is 10.5 Å². The first-order chi connectivity index (χ1) is 7.70. The summed E-state index contributed by atoms with van der Waals surface area (Å²) in [5, 5.41) is 0. The first kappa shape index (κ1) is 11.1. The second-order valence-corrected chi connectivity index (χ2v) is 4.39. The van der Waals surface area contributed by atoms with Crippen LogP contribution in [0.25, 0.3) is 0 Å². The summed E-state index contributed by atoms with van der Waals surface area (Å²) in [5.74, 6) is 0.226. The van der Waals surface area contributed by atoms with Crippen molar-refractivity contribution in [2.45, 2.75) is 31.2 Å². The van der Waals surface area contributed by atoms with E-state index in [4.69, 9.17) is 10.5 Å². The summed E-state index contributed by atoms with van der Waals surface area (Å²) in [4.78, 5) is 11.4. The minimum Gasteiger partial charge on any atom is -0.465 e. The molecule has 3 heteroatoms. The predicted molar refractivity (Wildman–Crippen MR) is 62.3 cm³/mol. The fourth-order valence-electron chi connectivity index (χ4n) is 2.36. The van der Waals surface area contributed by atoms with Crippen LogP contribution in [-0.4, -0.2) is 19.1 Å². The van der Waals surface area contributed by atoms with Crippen molar-refractivity contribution in [3.05, 3.63) is 35.4 Å². The number of benzene rings is 1. The first-order valence-corrected chi connectivity index (χ1v) is 5.64. The zero-order valence-electron chi connectivity index (χ0n) is 9.48. The third kappa shape index (κ3) is 2.25. The maximum absolute atomic E-state index is 11.4. The Kier molecular flexibility index (Phi) is 3.25. The van der Waals surface area contributed by atoms with E-state index < -0.39 is 0 Å². The summed E-state index contributed by atoms with van der Waals surface area (Å²) < 4.78 is 4.71. The summed E-state index contributed by atoms with van der Waals surface area (Å²) in [7, 11) is 1.40. The Bertz CT molecular complexity index is 389. The highest BCUT2D eigenvalue weighted by atomic mass is 16.5. The summed E-state index contributed by atoms with van der Waals surface area (Å²) in [6.45, 7) is 0. The van der Waals surface area contributed by atoms with Gasteiger partial charge in [-0.3, -0.25) is 0 Å². The van der Waals surface area contributed by atoms with Gasteiger partial charge in [0.2, 0.25) is 0 Å². The Morgan fingerprint density at radius 3 is 2.88 bits per heavy atom. The first-order valence-electron chi connectivity index (χ1n) is 5.64. The highest BCUT2D eigenvalue weighted by molar-refractivity contribution is 5.89. The van der Waals surface area contributed by atoms with E-state index >= 15 is 0 Å². The van der Waals surface area contributed by atoms with Gasteiger partial charge in [0.1, 0.15) is 0 Å². The quantitative estimate of drug-likeness (QED) is 0.775. The molecule has 1 aromatic carbocycles. The van der Waals surface area contributed by atoms with Crippen molar-refractivity contribution in [3.8, 4) is 0 Å². The number of esters is 1. The molecule has 0 spiro atoms. The second-order valence-electron chi connectivity index (χ2n) is 4.39. The van der Waals surface area contributed by atoms with Crippen molar-refractivity contribution in [1.82, 2.24) is 0 Å². The number of rotatable bonds is 2. The number of hydrogen-bond acceptors (Lipinski definition) is 3. The van der Waals surface area contributed by atoms with E-state index in [1.54, 1.807) is 6.07 Å². The molecule has 0 saturated heterocycles. The van der Waals surface area contributed by atoms with Gasteiger partial charge >= 0.3 is 5.97 Å². The van der Waals surface area contributed by atoms with Crippen LogP contribution in [0.3, 0.4) is 0 Å². The summed E-state index contributed by atoms with van der Waals surface area (Å²) in [6, 6.07) is 7.99. The third-order valence-corrected chi connectivity index (χ3v) is 3.25. The van der Waals surface area contributed by atoms with Crippen LogP contribution in [0.5, 0.6) is 0 Å². The van der Waals surface area contributed by atoms with Gasteiger partial charge in [0.05, 0.1) is 12.7 Å². The Labute approximate surface area is 95.6 Å². The molecule has 1 aromatic rings. The Morgan fingerprint density at radius 2 is 2.25 bits per heavy atom. The van der Waals surface area contributed by atoms with E-state index in [1.807, 2.05) is 12.1 Å². The van der Waals surface area contributed by atoms with Crippen molar-refractivity contribution >= 4 is 5.97 Å². The summed E-state index contributed by atoms with van der Waals surface area (Å²) in [5.41, 5.74) is 7.72. The molecule has 2 rings (SSSR count). The minimum absolute atomic E-state index is 0.274. The van der Waals surface area contributed by atoms with E-state index in [-0.39, 0.29) is 5.97 Å². The van der Waals surface area contributed by atoms with E-state index in [0.29, 0.717) is 17.5 Å². The second kappa shape index (κ2) is 4.66. The molecule has 0 heterocycles. The van der Waals surface area contributed by atoms with Gasteiger partial charge in [0.15, 0.2) is 0 Å². The lowest BCUT2D eigenvalue weighted by molar-refractivity contribution is 0.0600. The monoisotopic (exact) mass is 219 g/mol. The van der Waals surface area contributed by atoms with E-state index in [0.717, 1.165) is 19.3 Å². The van der Waals surface area contributed by atoms with Crippen LogP contribution in [0.15, 0.2) is 24.3 Å². The highest BCUT2D eigenvalue weighted by Gasteiger charge is 2.23. The maximum atomic E-state index is 11.4. The molecule has 0 aromatic heterocycles. The number of hydrogen-bond donors (Lipinski definition) is 1. The number of carbonyl (C=O) groups excluding carboxylic acids is 1. The lowest BCUT2D eigenvalue weighted by atomic mass is 9.96. The van der Waals surface area contributed by atoms with E-state index in [2.05, 4.69) is 6.07 Å². The number of methoxy groups -OCH3 is 1. The molecule has 0 aliphatic heterocycles. The molecule has 0 amide bonds. The highest BCUT2D eigenvalue weighted by Crippen LogP contribution is 2.33. The molecule has 1 aliphatic carbocycles. The van der Waals surface area contributed by atoms with Crippen molar-refractivity contribution in [1.29, 1.82) is 0 Å². The van der Waals surface area contributed by atoms with Crippen LogP contribution >= 0.6 is 0 Å². The van der Waals surface area contributed by atoms with Crippen LogP contribution in [0.2, 0.25) is 0 Å². The largest absolute Gasteiger partial charge is 0.465 e. The number of carbonyl (C=O) groups is 1. The van der Waals surface area contributed by atoms with Crippen LogP contribution < -0.4 is 5.73 Å². The van der Waals surface area contributed by atoms with Crippen molar-refractivity contribution in [2.75, 3.05) is 7.11 Å². The Hall–Kier alpha value is -1.35. The molecule has 2 N–H and O–H groups in total. The van der Waals surface area contributed by atoms with Gasteiger partial charge in [-0.2, -0.15) is 0 Å². The topological polar surface area (TPSA) is 52.3 Å². The van der Waals surface area contributed by atoms with Crippen molar-refractivity contribution in [3.63, 3.8) is 0 Å². The fraction of sp³-hybridized carbons (Fsp3) is 0.462. The van der Waals surface area contributed by atoms with Gasteiger partial charge in [0, 0.05) is 6.04 Å². The molecule has 2 unspecified atom stereocenters. The van der Waals surface area contributed by atoms with Crippen LogP contribution in [-0.2, 0) is 4.74 Å². The fourth-order valence-corrected chi connectivity index (χ4v) is 2.36. The van der Waals surface area contributed by atoms with Gasteiger partial charge in [-0.25, -0.2) is 4.79 Å². The molecule has 1 aliphatic rings. The smallest absolute Gasteiger partial charge is 0.337 e. The molecule has 1 fully saturated rings. The van der Waals surface area contributed by atoms with Gasteiger partial charge in [-0.15, -0.1) is 0 Å². The minimum atomic E-state index is -0.274. The normalized spacial score (nSPS) is 24.4.